The number of benzene rings is 1. The van der Waals surface area contributed by atoms with Gasteiger partial charge in [-0.15, -0.1) is 0 Å². The molecule has 5 heteroatoms. The van der Waals surface area contributed by atoms with Crippen LogP contribution in [-0.2, 0) is 9.84 Å². The number of aromatic nitrogens is 2. The summed E-state index contributed by atoms with van der Waals surface area (Å²) in [6, 6.07) is 9.27. The van der Waals surface area contributed by atoms with Crippen LogP contribution in [-0.4, -0.2) is 24.5 Å². The average Bonchev–Trinajstić information content (AvgIpc) is 2.69. The molecule has 1 radical (unpaired) electrons. The zero-order valence-electron chi connectivity index (χ0n) is 8.08. The Morgan fingerprint density at radius 1 is 1.47 bits per heavy atom. The van der Waals surface area contributed by atoms with E-state index in [1.54, 1.807) is 30.6 Å². The molecule has 15 heavy (non-hydrogen) atoms. The van der Waals surface area contributed by atoms with Gasteiger partial charge in [0.05, 0.1) is 10.6 Å². The van der Waals surface area contributed by atoms with Crippen molar-refractivity contribution in [3.8, 4) is 5.69 Å². The predicted molar refractivity (Wildman–Crippen MR) is 55.5 cm³/mol. The minimum absolute atomic E-state index is 0.230. The van der Waals surface area contributed by atoms with E-state index < -0.39 is 9.84 Å². The van der Waals surface area contributed by atoms with E-state index in [0.29, 0.717) is 5.69 Å². The summed E-state index contributed by atoms with van der Waals surface area (Å²) in [5.74, 6) is 0. The minimum Gasteiger partial charge on any atom is -0.240 e. The van der Waals surface area contributed by atoms with Crippen LogP contribution in [0.5, 0.6) is 0 Å². The highest BCUT2D eigenvalue weighted by molar-refractivity contribution is 7.90. The molecular weight excluding hydrogens is 212 g/mol. The maximum Gasteiger partial charge on any atom is 0.177 e. The van der Waals surface area contributed by atoms with Gasteiger partial charge < -0.3 is 0 Å². The fourth-order valence-electron chi connectivity index (χ4n) is 1.30. The topological polar surface area (TPSA) is 52.0 Å². The number of hydrogen-bond acceptors (Lipinski definition) is 3. The van der Waals surface area contributed by atoms with E-state index in [9.17, 15) is 8.42 Å². The number of rotatable bonds is 2. The molecule has 1 aromatic carbocycles. The first-order valence-electron chi connectivity index (χ1n) is 4.29. The van der Waals surface area contributed by atoms with Gasteiger partial charge in [0.1, 0.15) is 0 Å². The van der Waals surface area contributed by atoms with Crippen molar-refractivity contribution in [3.05, 3.63) is 42.7 Å². The molecule has 2 aromatic rings. The molecule has 0 spiro atoms. The summed E-state index contributed by atoms with van der Waals surface area (Å²) in [6.45, 7) is 0. The number of nitrogens with zero attached hydrogens (tertiary/aromatic N) is 2. The lowest BCUT2D eigenvalue weighted by Gasteiger charge is -2.06. The van der Waals surface area contributed by atoms with Gasteiger partial charge in [-0.05, 0) is 24.3 Å². The molecule has 0 aliphatic heterocycles. The van der Waals surface area contributed by atoms with E-state index in [2.05, 4.69) is 11.2 Å². The molecular formula is C10H9N2O2S. The van der Waals surface area contributed by atoms with Crippen LogP contribution in [0.2, 0.25) is 0 Å². The molecule has 0 unspecified atom stereocenters. The Kier molecular flexibility index (Phi) is 2.32. The van der Waals surface area contributed by atoms with Crippen LogP contribution in [0, 0.1) is 6.07 Å². The Labute approximate surface area is 88.1 Å². The van der Waals surface area contributed by atoms with Crippen LogP contribution in [0.15, 0.2) is 41.6 Å². The third-order valence-electron chi connectivity index (χ3n) is 1.96. The Morgan fingerprint density at radius 3 is 2.87 bits per heavy atom. The molecule has 0 aliphatic rings. The highest BCUT2D eigenvalue weighted by atomic mass is 32.2. The molecule has 0 saturated carbocycles. The second-order valence-corrected chi connectivity index (χ2v) is 5.10. The van der Waals surface area contributed by atoms with Gasteiger partial charge in [0.25, 0.3) is 0 Å². The van der Waals surface area contributed by atoms with Crippen LogP contribution < -0.4 is 0 Å². The normalized spacial score (nSPS) is 11.5. The fourth-order valence-corrected chi connectivity index (χ4v) is 2.13. The van der Waals surface area contributed by atoms with Crippen LogP contribution in [0.1, 0.15) is 0 Å². The van der Waals surface area contributed by atoms with Gasteiger partial charge in [0.15, 0.2) is 9.84 Å². The van der Waals surface area contributed by atoms with Gasteiger partial charge in [-0.3, -0.25) is 0 Å². The fraction of sp³-hybridized carbons (Fsp3) is 0.100. The smallest absolute Gasteiger partial charge is 0.177 e. The largest absolute Gasteiger partial charge is 0.240 e. The molecule has 0 aliphatic carbocycles. The van der Waals surface area contributed by atoms with Crippen LogP contribution in [0.4, 0.5) is 0 Å². The van der Waals surface area contributed by atoms with Crippen LogP contribution in [0.25, 0.3) is 5.69 Å². The van der Waals surface area contributed by atoms with Crippen molar-refractivity contribution in [3.63, 3.8) is 0 Å². The summed E-state index contributed by atoms with van der Waals surface area (Å²) < 4.78 is 24.5. The maximum atomic E-state index is 11.5. The number of sulfone groups is 1. The summed E-state index contributed by atoms with van der Waals surface area (Å²) in [4.78, 5) is 0.230. The average molecular weight is 221 g/mol. The van der Waals surface area contributed by atoms with E-state index in [-0.39, 0.29) is 4.90 Å². The third-order valence-corrected chi connectivity index (χ3v) is 3.08. The van der Waals surface area contributed by atoms with E-state index >= 15 is 0 Å². The molecule has 0 fully saturated rings. The van der Waals surface area contributed by atoms with Crippen molar-refractivity contribution in [1.82, 2.24) is 9.78 Å². The molecule has 77 valence electrons. The molecule has 1 heterocycles. The quantitative estimate of drug-likeness (QED) is 0.762. The zero-order chi connectivity index (χ0) is 10.9. The van der Waals surface area contributed by atoms with E-state index in [4.69, 9.17) is 0 Å². The zero-order valence-corrected chi connectivity index (χ0v) is 8.90. The summed E-state index contributed by atoms with van der Waals surface area (Å²) in [5.41, 5.74) is 0.543. The highest BCUT2D eigenvalue weighted by Gasteiger charge is 2.13. The van der Waals surface area contributed by atoms with Gasteiger partial charge in [-0.25, -0.2) is 13.1 Å². The van der Waals surface area contributed by atoms with Gasteiger partial charge in [-0.2, -0.15) is 5.10 Å². The van der Waals surface area contributed by atoms with E-state index in [1.165, 1.54) is 17.0 Å². The first kappa shape index (κ1) is 9.92. The van der Waals surface area contributed by atoms with Gasteiger partial charge in [-0.1, -0.05) is 6.07 Å². The van der Waals surface area contributed by atoms with Crippen molar-refractivity contribution in [1.29, 1.82) is 0 Å². The molecule has 2 rings (SSSR count). The Hall–Kier alpha value is -1.62. The minimum atomic E-state index is -3.25. The van der Waals surface area contributed by atoms with Crippen LogP contribution >= 0.6 is 0 Å². The van der Waals surface area contributed by atoms with Crippen molar-refractivity contribution in [2.24, 2.45) is 0 Å². The first-order valence-corrected chi connectivity index (χ1v) is 6.18. The molecule has 0 bridgehead atoms. The highest BCUT2D eigenvalue weighted by Crippen LogP contribution is 2.18. The van der Waals surface area contributed by atoms with Gasteiger partial charge in [0.2, 0.25) is 0 Å². The lowest BCUT2D eigenvalue weighted by Crippen LogP contribution is -2.05. The molecule has 0 saturated heterocycles. The third kappa shape index (κ3) is 1.92. The molecule has 1 aromatic heterocycles. The van der Waals surface area contributed by atoms with E-state index in [0.717, 1.165) is 0 Å². The predicted octanol–water partition coefficient (Wildman–Crippen LogP) is 1.08. The van der Waals surface area contributed by atoms with Crippen molar-refractivity contribution >= 4 is 9.84 Å². The maximum absolute atomic E-state index is 11.5. The Morgan fingerprint density at radius 2 is 2.27 bits per heavy atom. The van der Waals surface area contributed by atoms with Gasteiger partial charge in [0, 0.05) is 18.6 Å². The summed E-state index contributed by atoms with van der Waals surface area (Å²) in [7, 11) is -3.25. The van der Waals surface area contributed by atoms with Gasteiger partial charge >= 0.3 is 0 Å². The monoisotopic (exact) mass is 221 g/mol. The number of hydrogen-bond donors (Lipinski definition) is 0. The second kappa shape index (κ2) is 3.51. The molecule has 0 atom stereocenters. The van der Waals surface area contributed by atoms with Crippen molar-refractivity contribution in [2.75, 3.05) is 6.26 Å². The first-order chi connectivity index (χ1) is 7.09. The molecule has 0 N–H and O–H groups in total. The van der Waals surface area contributed by atoms with Crippen molar-refractivity contribution in [2.45, 2.75) is 4.90 Å². The lowest BCUT2D eigenvalue weighted by molar-refractivity contribution is 0.600. The molecule has 0 amide bonds. The summed E-state index contributed by atoms with van der Waals surface area (Å²) >= 11 is 0. The second-order valence-electron chi connectivity index (χ2n) is 3.12. The van der Waals surface area contributed by atoms with Crippen LogP contribution in [0.3, 0.4) is 0 Å². The summed E-state index contributed by atoms with van der Waals surface area (Å²) in [6.07, 6.45) is 4.47. The lowest BCUT2D eigenvalue weighted by atomic mass is 10.3. The molecule has 4 nitrogen and oxygen atoms in total. The SMILES string of the molecule is CS(=O)(=O)c1c[c]ccc1-n1cccn1. The summed E-state index contributed by atoms with van der Waals surface area (Å²) in [5, 5.41) is 4.00. The standard InChI is InChI=1S/C10H9N2O2S/c1-15(13,14)10-6-3-2-5-9(10)12-8-4-7-11-12/h2,4-8H,1H3. The Bertz CT molecular complexity index is 559. The Balaban J connectivity index is 2.68. The van der Waals surface area contributed by atoms with E-state index in [1.807, 2.05) is 0 Å². The van der Waals surface area contributed by atoms with Crippen molar-refractivity contribution < 1.29 is 8.42 Å².